The average Bonchev–Trinajstić information content (AvgIpc) is 2.43. The molecule has 15 heavy (non-hydrogen) atoms. The Hall–Kier alpha value is -1.16. The molecule has 1 saturated heterocycles. The largest absolute Gasteiger partial charge is 0.392 e. The van der Waals surface area contributed by atoms with Crippen LogP contribution in [-0.4, -0.2) is 38.0 Å². The Kier molecular flexibility index (Phi) is 4.03. The zero-order chi connectivity index (χ0) is 11.4. The van der Waals surface area contributed by atoms with Gasteiger partial charge in [-0.3, -0.25) is 9.59 Å². The summed E-state index contributed by atoms with van der Waals surface area (Å²) < 4.78 is 4.48. The molecule has 1 fully saturated rings. The molecule has 1 aliphatic heterocycles. The molecular formula is C11H17NO3. The molecule has 0 aromatic carbocycles. The van der Waals surface area contributed by atoms with Crippen molar-refractivity contribution in [1.82, 2.24) is 4.90 Å². The molecule has 0 aromatic rings. The zero-order valence-corrected chi connectivity index (χ0v) is 9.40. The van der Waals surface area contributed by atoms with Crippen molar-refractivity contribution in [3.8, 4) is 0 Å². The van der Waals surface area contributed by atoms with Crippen LogP contribution in [0.5, 0.6) is 0 Å². The topological polar surface area (TPSA) is 46.6 Å². The summed E-state index contributed by atoms with van der Waals surface area (Å²) in [5.74, 6) is -1.19. The van der Waals surface area contributed by atoms with Crippen LogP contribution in [0.4, 0.5) is 0 Å². The predicted octanol–water partition coefficient (Wildman–Crippen LogP) is 0.830. The van der Waals surface area contributed by atoms with Crippen molar-refractivity contribution in [1.29, 1.82) is 0 Å². The Balaban J connectivity index is 0.000000245. The maximum absolute atomic E-state index is 10.9. The molecule has 0 amide bonds. The van der Waals surface area contributed by atoms with E-state index in [-0.39, 0.29) is 23.8 Å². The van der Waals surface area contributed by atoms with Crippen LogP contribution in [0.1, 0.15) is 12.8 Å². The summed E-state index contributed by atoms with van der Waals surface area (Å²) in [5, 5.41) is 0. The van der Waals surface area contributed by atoms with Gasteiger partial charge in [0.15, 0.2) is 0 Å². The highest BCUT2D eigenvalue weighted by atomic mass is 16.6. The Morgan fingerprint density at radius 1 is 1.27 bits per heavy atom. The van der Waals surface area contributed by atoms with E-state index in [1.807, 2.05) is 32.1 Å². The van der Waals surface area contributed by atoms with Crippen molar-refractivity contribution < 1.29 is 14.3 Å². The molecule has 0 radical (unpaired) electrons. The molecule has 4 nitrogen and oxygen atoms in total. The minimum absolute atomic E-state index is 0.188. The summed E-state index contributed by atoms with van der Waals surface area (Å²) in [5.41, 5.74) is 0. The standard InChI is InChI=1S/C8H8O3.C3H9N/c9-7-5-3-1-2-4-6(5)8(10)11-7;1-4(2)3/h1,3,5-6H,2,4H2;1-3H3. The van der Waals surface area contributed by atoms with Crippen LogP contribution in [0.3, 0.4) is 0 Å². The van der Waals surface area contributed by atoms with E-state index < -0.39 is 0 Å². The maximum atomic E-state index is 10.9. The van der Waals surface area contributed by atoms with E-state index in [9.17, 15) is 9.59 Å². The monoisotopic (exact) mass is 211 g/mol. The summed E-state index contributed by atoms with van der Waals surface area (Å²) in [6.45, 7) is 0. The molecule has 0 spiro atoms. The van der Waals surface area contributed by atoms with Gasteiger partial charge in [-0.25, -0.2) is 0 Å². The third-order valence-electron chi connectivity index (χ3n) is 2.20. The highest BCUT2D eigenvalue weighted by Gasteiger charge is 2.43. The first-order chi connectivity index (χ1) is 7.02. The molecular weight excluding hydrogens is 194 g/mol. The van der Waals surface area contributed by atoms with Gasteiger partial charge in [-0.05, 0) is 34.0 Å². The van der Waals surface area contributed by atoms with Crippen molar-refractivity contribution >= 4 is 11.9 Å². The number of fused-ring (bicyclic) bond motifs is 1. The van der Waals surface area contributed by atoms with Crippen molar-refractivity contribution in [3.05, 3.63) is 12.2 Å². The van der Waals surface area contributed by atoms with Gasteiger partial charge in [0.05, 0.1) is 11.8 Å². The fraction of sp³-hybridized carbons (Fsp3) is 0.636. The first kappa shape index (κ1) is 11.9. The fourth-order valence-corrected chi connectivity index (χ4v) is 1.58. The number of carbonyl (C=O) groups excluding carboxylic acids is 2. The number of ether oxygens (including phenoxy) is 1. The van der Waals surface area contributed by atoms with Gasteiger partial charge in [0.25, 0.3) is 0 Å². The highest BCUT2D eigenvalue weighted by molar-refractivity contribution is 5.97. The second-order valence-corrected chi connectivity index (χ2v) is 4.22. The number of nitrogens with zero attached hydrogens (tertiary/aromatic N) is 1. The Morgan fingerprint density at radius 2 is 1.87 bits per heavy atom. The molecule has 2 atom stereocenters. The van der Waals surface area contributed by atoms with E-state index in [4.69, 9.17) is 0 Å². The number of allylic oxidation sites excluding steroid dienone is 1. The van der Waals surface area contributed by atoms with Crippen LogP contribution < -0.4 is 0 Å². The number of cyclic esters (lactones) is 2. The lowest BCUT2D eigenvalue weighted by Crippen LogP contribution is -2.17. The maximum Gasteiger partial charge on any atom is 0.321 e. The van der Waals surface area contributed by atoms with Gasteiger partial charge in [0.2, 0.25) is 0 Å². The average molecular weight is 211 g/mol. The van der Waals surface area contributed by atoms with Crippen molar-refractivity contribution in [2.75, 3.05) is 21.1 Å². The first-order valence-corrected chi connectivity index (χ1v) is 5.05. The molecule has 0 aromatic heterocycles. The fourth-order valence-electron chi connectivity index (χ4n) is 1.58. The van der Waals surface area contributed by atoms with Crippen LogP contribution in [0.15, 0.2) is 12.2 Å². The van der Waals surface area contributed by atoms with E-state index in [1.165, 1.54) is 0 Å². The van der Waals surface area contributed by atoms with Crippen LogP contribution in [0.25, 0.3) is 0 Å². The Morgan fingerprint density at radius 3 is 2.40 bits per heavy atom. The third-order valence-corrected chi connectivity index (χ3v) is 2.20. The normalized spacial score (nSPS) is 28.3. The third kappa shape index (κ3) is 3.16. The summed E-state index contributed by atoms with van der Waals surface area (Å²) in [6, 6.07) is 0. The van der Waals surface area contributed by atoms with Crippen molar-refractivity contribution in [2.45, 2.75) is 12.8 Å². The number of carbonyl (C=O) groups is 2. The molecule has 0 bridgehead atoms. The lowest BCUT2D eigenvalue weighted by atomic mass is 9.86. The second kappa shape index (κ2) is 5.07. The number of hydrogen-bond donors (Lipinski definition) is 0. The Bertz CT molecular complexity index is 281. The van der Waals surface area contributed by atoms with E-state index in [0.29, 0.717) is 0 Å². The molecule has 84 valence electrons. The quantitative estimate of drug-likeness (QED) is 0.338. The van der Waals surface area contributed by atoms with Gasteiger partial charge >= 0.3 is 11.9 Å². The molecule has 1 aliphatic carbocycles. The first-order valence-electron chi connectivity index (χ1n) is 5.05. The molecule has 2 aliphatic rings. The lowest BCUT2D eigenvalue weighted by molar-refractivity contribution is -0.153. The summed E-state index contributed by atoms with van der Waals surface area (Å²) in [6.07, 6.45) is 5.34. The molecule has 0 N–H and O–H groups in total. The van der Waals surface area contributed by atoms with E-state index >= 15 is 0 Å². The summed E-state index contributed by atoms with van der Waals surface area (Å²) in [4.78, 5) is 23.9. The van der Waals surface area contributed by atoms with Crippen molar-refractivity contribution in [3.63, 3.8) is 0 Å². The van der Waals surface area contributed by atoms with Crippen LogP contribution in [0, 0.1) is 11.8 Å². The summed E-state index contributed by atoms with van der Waals surface area (Å²) >= 11 is 0. The van der Waals surface area contributed by atoms with Gasteiger partial charge in [0.1, 0.15) is 0 Å². The van der Waals surface area contributed by atoms with Crippen LogP contribution >= 0.6 is 0 Å². The lowest BCUT2D eigenvalue weighted by Gasteiger charge is -2.12. The molecule has 2 unspecified atom stereocenters. The minimum atomic E-state index is -0.379. The van der Waals surface area contributed by atoms with Gasteiger partial charge in [-0.1, -0.05) is 12.2 Å². The molecule has 2 rings (SSSR count). The molecule has 4 heteroatoms. The van der Waals surface area contributed by atoms with Gasteiger partial charge in [-0.15, -0.1) is 0 Å². The van der Waals surface area contributed by atoms with Gasteiger partial charge in [-0.2, -0.15) is 0 Å². The van der Waals surface area contributed by atoms with E-state index in [2.05, 4.69) is 4.74 Å². The van der Waals surface area contributed by atoms with Crippen molar-refractivity contribution in [2.24, 2.45) is 11.8 Å². The van der Waals surface area contributed by atoms with Crippen LogP contribution in [-0.2, 0) is 14.3 Å². The molecule has 1 heterocycles. The zero-order valence-electron chi connectivity index (χ0n) is 9.40. The SMILES string of the molecule is CN(C)C.O=C1OC(=O)C2CCC=CC12. The van der Waals surface area contributed by atoms with E-state index in [1.54, 1.807) is 6.08 Å². The molecule has 0 saturated carbocycles. The second-order valence-electron chi connectivity index (χ2n) is 4.22. The number of hydrogen-bond acceptors (Lipinski definition) is 4. The number of rotatable bonds is 0. The Labute approximate surface area is 89.9 Å². The smallest absolute Gasteiger partial charge is 0.321 e. The predicted molar refractivity (Wildman–Crippen MR) is 56.1 cm³/mol. The number of esters is 2. The van der Waals surface area contributed by atoms with E-state index in [0.717, 1.165) is 12.8 Å². The van der Waals surface area contributed by atoms with Crippen LogP contribution in [0.2, 0.25) is 0 Å². The minimum Gasteiger partial charge on any atom is -0.392 e. The van der Waals surface area contributed by atoms with Gasteiger partial charge < -0.3 is 9.64 Å². The highest BCUT2D eigenvalue weighted by Crippen LogP contribution is 2.32. The van der Waals surface area contributed by atoms with Gasteiger partial charge in [0, 0.05) is 0 Å². The summed E-state index contributed by atoms with van der Waals surface area (Å²) in [7, 11) is 6.00.